The van der Waals surface area contributed by atoms with Crippen molar-refractivity contribution in [3.63, 3.8) is 0 Å². The summed E-state index contributed by atoms with van der Waals surface area (Å²) < 4.78 is 13.1. The first-order valence-corrected chi connectivity index (χ1v) is 4.45. The molecule has 15 heavy (non-hydrogen) atoms. The van der Waals surface area contributed by atoms with Gasteiger partial charge in [-0.1, -0.05) is 0 Å². The van der Waals surface area contributed by atoms with E-state index in [-0.39, 0.29) is 11.6 Å². The number of nitriles is 1. The Morgan fingerprint density at radius 1 is 1.27 bits per heavy atom. The number of aromatic hydroxyl groups is 1. The Morgan fingerprint density at radius 3 is 2.67 bits per heavy atom. The maximum absolute atomic E-state index is 13.1. The molecular formula is C12H8FNO. The fourth-order valence-corrected chi connectivity index (χ4v) is 1.73. The summed E-state index contributed by atoms with van der Waals surface area (Å²) in [7, 11) is 0. The molecule has 0 saturated heterocycles. The molecule has 3 heteroatoms. The van der Waals surface area contributed by atoms with Gasteiger partial charge < -0.3 is 5.11 Å². The van der Waals surface area contributed by atoms with Gasteiger partial charge in [0.05, 0.1) is 11.6 Å². The molecule has 0 bridgehead atoms. The first-order chi connectivity index (χ1) is 7.11. The van der Waals surface area contributed by atoms with Gasteiger partial charge in [0.25, 0.3) is 0 Å². The third-order valence-electron chi connectivity index (χ3n) is 2.32. The number of hydrogen-bond donors (Lipinski definition) is 1. The zero-order valence-electron chi connectivity index (χ0n) is 8.08. The normalized spacial score (nSPS) is 10.2. The van der Waals surface area contributed by atoms with Gasteiger partial charge in [0.15, 0.2) is 0 Å². The molecule has 0 spiro atoms. The molecule has 1 N–H and O–H groups in total. The maximum atomic E-state index is 13.1. The Balaban J connectivity index is 2.93. The van der Waals surface area contributed by atoms with E-state index in [1.54, 1.807) is 13.0 Å². The number of fused-ring (bicyclic) bond motifs is 1. The van der Waals surface area contributed by atoms with Gasteiger partial charge in [-0.2, -0.15) is 5.26 Å². The third-order valence-corrected chi connectivity index (χ3v) is 2.32. The fraction of sp³-hybridized carbons (Fsp3) is 0.0833. The van der Waals surface area contributed by atoms with Crippen LogP contribution in [0.15, 0.2) is 24.3 Å². The minimum Gasteiger partial charge on any atom is -0.507 e. The van der Waals surface area contributed by atoms with Crippen LogP contribution in [0.5, 0.6) is 5.75 Å². The van der Waals surface area contributed by atoms with Crippen molar-refractivity contribution >= 4 is 10.8 Å². The SMILES string of the molecule is Cc1cc(F)cc2cc(C#N)cc(O)c12. The molecule has 0 heterocycles. The molecule has 0 fully saturated rings. The number of phenols is 1. The lowest BCUT2D eigenvalue weighted by molar-refractivity contribution is 0.481. The van der Waals surface area contributed by atoms with Gasteiger partial charge in [-0.15, -0.1) is 0 Å². The van der Waals surface area contributed by atoms with Crippen LogP contribution in [0.1, 0.15) is 11.1 Å². The largest absolute Gasteiger partial charge is 0.507 e. The topological polar surface area (TPSA) is 44.0 Å². The highest BCUT2D eigenvalue weighted by atomic mass is 19.1. The first-order valence-electron chi connectivity index (χ1n) is 4.45. The summed E-state index contributed by atoms with van der Waals surface area (Å²) in [5.41, 5.74) is 0.983. The standard InChI is InChI=1S/C12H8FNO/c1-7-2-10(13)5-9-3-8(6-14)4-11(15)12(7)9/h2-5,15H,1H3. The van der Waals surface area contributed by atoms with Gasteiger partial charge in [-0.05, 0) is 42.1 Å². The van der Waals surface area contributed by atoms with Gasteiger partial charge in [-0.25, -0.2) is 4.39 Å². The summed E-state index contributed by atoms with van der Waals surface area (Å²) in [5, 5.41) is 19.5. The van der Waals surface area contributed by atoms with Gasteiger partial charge in [0, 0.05) is 5.39 Å². The molecule has 0 aliphatic rings. The van der Waals surface area contributed by atoms with Crippen LogP contribution in [-0.2, 0) is 0 Å². The van der Waals surface area contributed by atoms with Crippen molar-refractivity contribution in [3.05, 3.63) is 41.2 Å². The van der Waals surface area contributed by atoms with E-state index in [0.717, 1.165) is 0 Å². The highest BCUT2D eigenvalue weighted by Gasteiger charge is 2.07. The molecule has 0 aromatic heterocycles. The van der Waals surface area contributed by atoms with Crippen molar-refractivity contribution in [1.29, 1.82) is 5.26 Å². The molecule has 0 saturated carbocycles. The summed E-state index contributed by atoms with van der Waals surface area (Å²) in [6.45, 7) is 1.72. The van der Waals surface area contributed by atoms with Crippen molar-refractivity contribution < 1.29 is 9.50 Å². The van der Waals surface area contributed by atoms with E-state index in [2.05, 4.69) is 0 Å². The predicted octanol–water partition coefficient (Wildman–Crippen LogP) is 2.86. The van der Waals surface area contributed by atoms with Crippen molar-refractivity contribution in [2.24, 2.45) is 0 Å². The molecule has 2 aromatic rings. The van der Waals surface area contributed by atoms with E-state index >= 15 is 0 Å². The molecule has 0 unspecified atom stereocenters. The third kappa shape index (κ3) is 1.50. The Morgan fingerprint density at radius 2 is 2.00 bits per heavy atom. The highest BCUT2D eigenvalue weighted by Crippen LogP contribution is 2.30. The molecule has 0 atom stereocenters. The van der Waals surface area contributed by atoms with Gasteiger partial charge in [-0.3, -0.25) is 0 Å². The summed E-state index contributed by atoms with van der Waals surface area (Å²) in [6.07, 6.45) is 0. The van der Waals surface area contributed by atoms with E-state index in [1.165, 1.54) is 18.2 Å². The van der Waals surface area contributed by atoms with Crippen molar-refractivity contribution in [1.82, 2.24) is 0 Å². The molecule has 2 nitrogen and oxygen atoms in total. The monoisotopic (exact) mass is 201 g/mol. The average molecular weight is 201 g/mol. The molecule has 0 aliphatic heterocycles. The van der Waals surface area contributed by atoms with Crippen LogP contribution in [0.4, 0.5) is 4.39 Å². The highest BCUT2D eigenvalue weighted by molar-refractivity contribution is 5.92. The fourth-order valence-electron chi connectivity index (χ4n) is 1.73. The zero-order valence-corrected chi connectivity index (χ0v) is 8.08. The van der Waals surface area contributed by atoms with Crippen molar-refractivity contribution in [2.45, 2.75) is 6.92 Å². The second kappa shape index (κ2) is 3.25. The minimum atomic E-state index is -0.366. The smallest absolute Gasteiger partial charge is 0.124 e. The lowest BCUT2D eigenvalue weighted by Gasteiger charge is -2.05. The number of nitrogens with zero attached hydrogens (tertiary/aromatic N) is 1. The summed E-state index contributed by atoms with van der Waals surface area (Å²) >= 11 is 0. The number of hydrogen-bond acceptors (Lipinski definition) is 2. The molecule has 0 amide bonds. The van der Waals surface area contributed by atoms with E-state index in [1.807, 2.05) is 6.07 Å². The number of halogens is 1. The van der Waals surface area contributed by atoms with E-state index in [4.69, 9.17) is 5.26 Å². The number of rotatable bonds is 0. The van der Waals surface area contributed by atoms with Crippen LogP contribution in [0.2, 0.25) is 0 Å². The molecule has 74 valence electrons. The Kier molecular flexibility index (Phi) is 2.05. The van der Waals surface area contributed by atoms with Crippen LogP contribution in [0.3, 0.4) is 0 Å². The molecule has 2 rings (SSSR count). The van der Waals surface area contributed by atoms with Crippen molar-refractivity contribution in [3.8, 4) is 11.8 Å². The van der Waals surface area contributed by atoms with Crippen LogP contribution in [0, 0.1) is 24.1 Å². The minimum absolute atomic E-state index is 0.0153. The van der Waals surface area contributed by atoms with Crippen molar-refractivity contribution in [2.75, 3.05) is 0 Å². The van der Waals surface area contributed by atoms with E-state index in [9.17, 15) is 9.50 Å². The van der Waals surface area contributed by atoms with Crippen LogP contribution in [0.25, 0.3) is 10.8 Å². The molecule has 0 aliphatic carbocycles. The van der Waals surface area contributed by atoms with E-state index in [0.29, 0.717) is 21.9 Å². The molecule has 0 radical (unpaired) electrons. The van der Waals surface area contributed by atoms with Crippen LogP contribution < -0.4 is 0 Å². The number of aryl methyl sites for hydroxylation is 1. The quantitative estimate of drug-likeness (QED) is 0.712. The van der Waals surface area contributed by atoms with Crippen LogP contribution >= 0.6 is 0 Å². The average Bonchev–Trinajstić information content (AvgIpc) is 2.15. The van der Waals surface area contributed by atoms with Gasteiger partial charge in [0.2, 0.25) is 0 Å². The van der Waals surface area contributed by atoms with Gasteiger partial charge in [0.1, 0.15) is 11.6 Å². The zero-order chi connectivity index (χ0) is 11.0. The second-order valence-corrected chi connectivity index (χ2v) is 3.43. The van der Waals surface area contributed by atoms with Crippen LogP contribution in [-0.4, -0.2) is 5.11 Å². The lowest BCUT2D eigenvalue weighted by atomic mass is 10.0. The lowest BCUT2D eigenvalue weighted by Crippen LogP contribution is -1.85. The number of benzene rings is 2. The molecular weight excluding hydrogens is 193 g/mol. The summed E-state index contributed by atoms with van der Waals surface area (Å²) in [5.74, 6) is -0.351. The van der Waals surface area contributed by atoms with E-state index < -0.39 is 0 Å². The first kappa shape index (κ1) is 9.47. The Hall–Kier alpha value is -2.08. The summed E-state index contributed by atoms with van der Waals surface area (Å²) in [4.78, 5) is 0. The second-order valence-electron chi connectivity index (χ2n) is 3.43. The number of phenolic OH excluding ortho intramolecular Hbond substituents is 1. The Bertz CT molecular complexity index is 584. The summed E-state index contributed by atoms with van der Waals surface area (Å²) in [6, 6.07) is 7.52. The molecule has 2 aromatic carbocycles. The maximum Gasteiger partial charge on any atom is 0.124 e. The predicted molar refractivity (Wildman–Crippen MR) is 55.0 cm³/mol. The van der Waals surface area contributed by atoms with Gasteiger partial charge >= 0.3 is 0 Å². The Labute approximate surface area is 86.2 Å².